The molecule has 114 valence electrons. The molecule has 0 radical (unpaired) electrons. The van der Waals surface area contributed by atoms with Gasteiger partial charge in [-0.15, -0.1) is 11.8 Å². The van der Waals surface area contributed by atoms with E-state index in [-0.39, 0.29) is 11.3 Å². The van der Waals surface area contributed by atoms with Gasteiger partial charge in [0, 0.05) is 10.6 Å². The van der Waals surface area contributed by atoms with Crippen LogP contribution in [0.1, 0.15) is 10.4 Å². The van der Waals surface area contributed by atoms with Crippen molar-refractivity contribution in [2.24, 2.45) is 0 Å². The fraction of sp³-hybridized carbons (Fsp3) is 0.125. The van der Waals surface area contributed by atoms with Crippen molar-refractivity contribution in [3.63, 3.8) is 0 Å². The van der Waals surface area contributed by atoms with Crippen molar-refractivity contribution < 1.29 is 19.4 Å². The number of esters is 1. The summed E-state index contributed by atoms with van der Waals surface area (Å²) in [5, 5.41) is 12.0. The van der Waals surface area contributed by atoms with Gasteiger partial charge in [-0.05, 0) is 42.7 Å². The van der Waals surface area contributed by atoms with Crippen LogP contribution in [0.5, 0.6) is 5.75 Å². The van der Waals surface area contributed by atoms with Crippen LogP contribution in [0.25, 0.3) is 0 Å². The molecule has 2 aromatic carbocycles. The Labute approximate surface area is 132 Å². The maximum Gasteiger partial charge on any atom is 0.338 e. The summed E-state index contributed by atoms with van der Waals surface area (Å²) in [6, 6.07) is 13.1. The summed E-state index contributed by atoms with van der Waals surface area (Å²) in [6.45, 7) is -0.391. The van der Waals surface area contributed by atoms with Crippen LogP contribution in [0.2, 0.25) is 0 Å². The number of benzene rings is 2. The molecule has 0 aliphatic carbocycles. The predicted molar refractivity (Wildman–Crippen MR) is 85.2 cm³/mol. The molecule has 0 saturated heterocycles. The van der Waals surface area contributed by atoms with Crippen LogP contribution in [0.3, 0.4) is 0 Å². The van der Waals surface area contributed by atoms with Crippen LogP contribution in [-0.2, 0) is 9.53 Å². The lowest BCUT2D eigenvalue weighted by Crippen LogP contribution is -2.20. The SMILES string of the molecule is CSc1cccc(NC(=O)COC(=O)c2cccc(O)c2)c1. The Morgan fingerprint density at radius 1 is 1.18 bits per heavy atom. The maximum atomic E-state index is 11.8. The van der Waals surface area contributed by atoms with E-state index in [1.807, 2.05) is 24.5 Å². The molecule has 22 heavy (non-hydrogen) atoms. The fourth-order valence-corrected chi connectivity index (χ4v) is 2.20. The highest BCUT2D eigenvalue weighted by Gasteiger charge is 2.11. The van der Waals surface area contributed by atoms with Crippen LogP contribution >= 0.6 is 11.8 Å². The number of carbonyl (C=O) groups is 2. The number of phenols is 1. The molecule has 0 aromatic heterocycles. The molecular formula is C16H15NO4S. The van der Waals surface area contributed by atoms with Gasteiger partial charge in [0.2, 0.25) is 0 Å². The molecule has 1 amide bonds. The number of hydrogen-bond donors (Lipinski definition) is 2. The Kier molecular flexibility index (Phi) is 5.43. The monoisotopic (exact) mass is 317 g/mol. The Balaban J connectivity index is 1.88. The molecule has 0 unspecified atom stereocenters. The molecule has 0 bridgehead atoms. The molecule has 0 heterocycles. The summed E-state index contributed by atoms with van der Waals surface area (Å²) in [4.78, 5) is 24.5. The third-order valence-corrected chi connectivity index (χ3v) is 3.50. The van der Waals surface area contributed by atoms with Crippen molar-refractivity contribution >= 4 is 29.3 Å². The summed E-state index contributed by atoms with van der Waals surface area (Å²) >= 11 is 1.57. The normalized spacial score (nSPS) is 10.0. The first-order valence-corrected chi connectivity index (χ1v) is 7.71. The van der Waals surface area contributed by atoms with E-state index in [1.54, 1.807) is 17.8 Å². The minimum Gasteiger partial charge on any atom is -0.508 e. The zero-order valence-electron chi connectivity index (χ0n) is 11.9. The maximum absolute atomic E-state index is 11.8. The Bertz CT molecular complexity index is 687. The highest BCUT2D eigenvalue weighted by atomic mass is 32.2. The third-order valence-electron chi connectivity index (χ3n) is 2.77. The standard InChI is InChI=1S/C16H15NO4S/c1-22-14-7-3-5-12(9-14)17-15(19)10-21-16(20)11-4-2-6-13(18)8-11/h2-9,18H,10H2,1H3,(H,17,19). The van der Waals surface area contributed by atoms with Crippen molar-refractivity contribution in [1.29, 1.82) is 0 Å². The Morgan fingerprint density at radius 3 is 2.68 bits per heavy atom. The van der Waals surface area contributed by atoms with Crippen molar-refractivity contribution in [2.45, 2.75) is 4.90 Å². The lowest BCUT2D eigenvalue weighted by Gasteiger charge is -2.07. The summed E-state index contributed by atoms with van der Waals surface area (Å²) in [6.07, 6.45) is 1.94. The molecule has 5 nitrogen and oxygen atoms in total. The van der Waals surface area contributed by atoms with E-state index >= 15 is 0 Å². The zero-order valence-corrected chi connectivity index (χ0v) is 12.7. The van der Waals surface area contributed by atoms with Gasteiger partial charge in [0.1, 0.15) is 5.75 Å². The molecule has 6 heteroatoms. The molecule has 0 aliphatic rings. The van der Waals surface area contributed by atoms with Crippen molar-refractivity contribution in [2.75, 3.05) is 18.2 Å². The van der Waals surface area contributed by atoms with Gasteiger partial charge < -0.3 is 15.2 Å². The number of amides is 1. The number of phenolic OH excluding ortho intramolecular Hbond substituents is 1. The second-order valence-electron chi connectivity index (χ2n) is 4.41. The van der Waals surface area contributed by atoms with Crippen molar-refractivity contribution in [3.05, 3.63) is 54.1 Å². The second kappa shape index (κ2) is 7.51. The lowest BCUT2D eigenvalue weighted by molar-refractivity contribution is -0.119. The van der Waals surface area contributed by atoms with Crippen molar-refractivity contribution in [3.8, 4) is 5.75 Å². The highest BCUT2D eigenvalue weighted by Crippen LogP contribution is 2.19. The smallest absolute Gasteiger partial charge is 0.338 e. The van der Waals surface area contributed by atoms with Gasteiger partial charge in [0.05, 0.1) is 5.56 Å². The largest absolute Gasteiger partial charge is 0.508 e. The minimum absolute atomic E-state index is 0.0345. The van der Waals surface area contributed by atoms with E-state index in [9.17, 15) is 14.7 Å². The van der Waals surface area contributed by atoms with Crippen molar-refractivity contribution in [1.82, 2.24) is 0 Å². The number of anilines is 1. The number of hydrogen-bond acceptors (Lipinski definition) is 5. The van der Waals surface area contributed by atoms with Gasteiger partial charge >= 0.3 is 5.97 Å². The van der Waals surface area contributed by atoms with Gasteiger partial charge in [0.15, 0.2) is 6.61 Å². The van der Waals surface area contributed by atoms with E-state index in [2.05, 4.69) is 5.32 Å². The first-order chi connectivity index (χ1) is 10.6. The topological polar surface area (TPSA) is 75.6 Å². The zero-order chi connectivity index (χ0) is 15.9. The average molecular weight is 317 g/mol. The van der Waals surface area contributed by atoms with Crippen LogP contribution in [0.4, 0.5) is 5.69 Å². The number of carbonyl (C=O) groups excluding carboxylic acids is 2. The predicted octanol–water partition coefficient (Wildman–Crippen LogP) is 2.91. The molecule has 2 rings (SSSR count). The molecular weight excluding hydrogens is 302 g/mol. The first kappa shape index (κ1) is 15.9. The van der Waals surface area contributed by atoms with Crippen LogP contribution in [0.15, 0.2) is 53.4 Å². The Hall–Kier alpha value is -2.47. The van der Waals surface area contributed by atoms with Gasteiger partial charge in [-0.2, -0.15) is 0 Å². The molecule has 2 N–H and O–H groups in total. The van der Waals surface area contributed by atoms with Gasteiger partial charge in [0.25, 0.3) is 5.91 Å². The van der Waals surface area contributed by atoms with Crippen LogP contribution in [-0.4, -0.2) is 29.8 Å². The minimum atomic E-state index is -0.663. The average Bonchev–Trinajstić information content (AvgIpc) is 2.52. The van der Waals surface area contributed by atoms with Crippen LogP contribution < -0.4 is 5.32 Å². The number of rotatable bonds is 5. The van der Waals surface area contributed by atoms with E-state index in [0.717, 1.165) is 4.90 Å². The first-order valence-electron chi connectivity index (χ1n) is 6.48. The quantitative estimate of drug-likeness (QED) is 0.655. The van der Waals surface area contributed by atoms with Gasteiger partial charge in [-0.25, -0.2) is 4.79 Å². The summed E-state index contributed by atoms with van der Waals surface area (Å²) in [5.41, 5.74) is 0.836. The van der Waals surface area contributed by atoms with Gasteiger partial charge in [-0.1, -0.05) is 12.1 Å². The summed E-state index contributed by atoms with van der Waals surface area (Å²) in [5.74, 6) is -1.12. The van der Waals surface area contributed by atoms with Crippen LogP contribution in [0, 0.1) is 0 Å². The van der Waals surface area contributed by atoms with Gasteiger partial charge in [-0.3, -0.25) is 4.79 Å². The summed E-state index contributed by atoms with van der Waals surface area (Å²) < 4.78 is 4.91. The molecule has 0 fully saturated rings. The van der Waals surface area contributed by atoms with E-state index < -0.39 is 18.5 Å². The van der Waals surface area contributed by atoms with E-state index in [4.69, 9.17) is 4.74 Å². The third kappa shape index (κ3) is 4.53. The molecule has 0 atom stereocenters. The second-order valence-corrected chi connectivity index (χ2v) is 5.29. The number of ether oxygens (including phenoxy) is 1. The highest BCUT2D eigenvalue weighted by molar-refractivity contribution is 7.98. The molecule has 0 aliphatic heterocycles. The lowest BCUT2D eigenvalue weighted by atomic mass is 10.2. The molecule has 0 spiro atoms. The summed E-state index contributed by atoms with van der Waals surface area (Å²) in [7, 11) is 0. The van der Waals surface area contributed by atoms with E-state index in [1.165, 1.54) is 24.3 Å². The van der Waals surface area contributed by atoms with E-state index in [0.29, 0.717) is 5.69 Å². The Morgan fingerprint density at radius 2 is 1.95 bits per heavy atom. The fourth-order valence-electron chi connectivity index (χ4n) is 1.75. The molecule has 0 saturated carbocycles. The molecule has 2 aromatic rings. The number of aromatic hydroxyl groups is 1. The number of thioether (sulfide) groups is 1. The number of nitrogens with one attached hydrogen (secondary N) is 1.